The minimum absolute atomic E-state index is 0.303. The molecule has 0 saturated carbocycles. The van der Waals surface area contributed by atoms with Crippen LogP contribution < -0.4 is 0 Å². The van der Waals surface area contributed by atoms with E-state index in [0.29, 0.717) is 17.9 Å². The highest BCUT2D eigenvalue weighted by Gasteiger charge is 2.22. The highest BCUT2D eigenvalue weighted by atomic mass is 79.9. The molecule has 3 rings (SSSR count). The van der Waals surface area contributed by atoms with Crippen molar-refractivity contribution in [3.05, 3.63) is 57.1 Å². The molecular weight excluding hydrogens is 280 g/mol. The van der Waals surface area contributed by atoms with Crippen LogP contribution in [0.5, 0.6) is 11.5 Å². The van der Waals surface area contributed by atoms with Gasteiger partial charge in [-0.15, -0.1) is 0 Å². The van der Waals surface area contributed by atoms with E-state index in [4.69, 9.17) is 0 Å². The molecule has 2 nitrogen and oxygen atoms in total. The van der Waals surface area contributed by atoms with Crippen molar-refractivity contribution >= 4 is 15.9 Å². The van der Waals surface area contributed by atoms with Crippen LogP contribution >= 0.6 is 15.9 Å². The van der Waals surface area contributed by atoms with Crippen LogP contribution in [-0.2, 0) is 12.8 Å². The third kappa shape index (κ3) is 1.62. The largest absolute Gasteiger partial charge is 0.508 e. The Balaban J connectivity index is 2.21. The number of phenolic OH excluding ortho intramolecular Hbond substituents is 2. The van der Waals surface area contributed by atoms with E-state index in [1.54, 1.807) is 12.1 Å². The van der Waals surface area contributed by atoms with Crippen LogP contribution in [-0.4, -0.2) is 10.2 Å². The molecule has 17 heavy (non-hydrogen) atoms. The fourth-order valence-electron chi connectivity index (χ4n) is 2.40. The lowest BCUT2D eigenvalue weighted by Gasteiger charge is -2.22. The van der Waals surface area contributed by atoms with Gasteiger partial charge in [0.15, 0.2) is 0 Å². The first-order valence-corrected chi connectivity index (χ1v) is 6.25. The van der Waals surface area contributed by atoms with Crippen LogP contribution in [0.2, 0.25) is 0 Å². The van der Waals surface area contributed by atoms with E-state index >= 15 is 0 Å². The summed E-state index contributed by atoms with van der Waals surface area (Å²) in [4.78, 5) is 0. The minimum Gasteiger partial charge on any atom is -0.508 e. The summed E-state index contributed by atoms with van der Waals surface area (Å²) in [7, 11) is 0. The predicted molar refractivity (Wildman–Crippen MR) is 69.5 cm³/mol. The van der Waals surface area contributed by atoms with Gasteiger partial charge < -0.3 is 10.2 Å². The summed E-state index contributed by atoms with van der Waals surface area (Å²) >= 11 is 3.51. The van der Waals surface area contributed by atoms with Gasteiger partial charge in [-0.1, -0.05) is 28.1 Å². The maximum absolute atomic E-state index is 9.89. The smallest absolute Gasteiger partial charge is 0.119 e. The molecule has 0 spiro atoms. The van der Waals surface area contributed by atoms with Crippen LogP contribution in [0.15, 0.2) is 34.8 Å². The van der Waals surface area contributed by atoms with Gasteiger partial charge >= 0.3 is 0 Å². The van der Waals surface area contributed by atoms with Crippen molar-refractivity contribution in [3.63, 3.8) is 0 Å². The second kappa shape index (κ2) is 3.77. The van der Waals surface area contributed by atoms with E-state index in [-0.39, 0.29) is 0 Å². The summed E-state index contributed by atoms with van der Waals surface area (Å²) in [5.41, 5.74) is 4.08. The number of fused-ring (bicyclic) bond motifs is 2. The van der Waals surface area contributed by atoms with Crippen LogP contribution in [0.25, 0.3) is 0 Å². The molecular formula is C14H11BrO2. The highest BCUT2D eigenvalue weighted by molar-refractivity contribution is 9.10. The molecule has 0 bridgehead atoms. The van der Waals surface area contributed by atoms with Crippen molar-refractivity contribution in [2.24, 2.45) is 0 Å². The number of phenols is 2. The molecule has 0 atom stereocenters. The van der Waals surface area contributed by atoms with Gasteiger partial charge in [-0.25, -0.2) is 0 Å². The number of halogens is 1. The Hall–Kier alpha value is -1.48. The lowest BCUT2D eigenvalue weighted by molar-refractivity contribution is 0.459. The Morgan fingerprint density at radius 1 is 0.824 bits per heavy atom. The second-order valence-electron chi connectivity index (χ2n) is 4.29. The Morgan fingerprint density at radius 3 is 2.41 bits per heavy atom. The molecule has 2 N–H and O–H groups in total. The van der Waals surface area contributed by atoms with E-state index in [9.17, 15) is 10.2 Å². The van der Waals surface area contributed by atoms with E-state index in [1.165, 1.54) is 0 Å². The minimum atomic E-state index is 0.303. The Morgan fingerprint density at radius 2 is 1.59 bits per heavy atom. The van der Waals surface area contributed by atoms with Gasteiger partial charge in [0.2, 0.25) is 0 Å². The summed E-state index contributed by atoms with van der Waals surface area (Å²) in [6.45, 7) is 0. The molecule has 0 heterocycles. The number of aromatic hydroxyl groups is 2. The predicted octanol–water partition coefficient (Wildman–Crippen LogP) is 3.36. The normalized spacial score (nSPS) is 13.0. The van der Waals surface area contributed by atoms with E-state index in [2.05, 4.69) is 15.9 Å². The summed E-state index contributed by atoms with van der Waals surface area (Å²) in [6.07, 6.45) is 1.33. The first-order chi connectivity index (χ1) is 8.16. The Bertz CT molecular complexity index is 605. The van der Waals surface area contributed by atoms with Gasteiger partial charge in [-0.2, -0.15) is 0 Å². The monoisotopic (exact) mass is 290 g/mol. The molecule has 0 aliphatic heterocycles. The van der Waals surface area contributed by atoms with Crippen LogP contribution in [0.1, 0.15) is 22.3 Å². The van der Waals surface area contributed by atoms with Gasteiger partial charge in [0.1, 0.15) is 11.5 Å². The number of hydrogen-bond acceptors (Lipinski definition) is 2. The van der Waals surface area contributed by atoms with Gasteiger partial charge in [-0.3, -0.25) is 0 Å². The molecule has 1 aliphatic carbocycles. The second-order valence-corrected chi connectivity index (χ2v) is 5.15. The van der Waals surface area contributed by atoms with Gasteiger partial charge in [0, 0.05) is 22.0 Å². The highest BCUT2D eigenvalue weighted by Crippen LogP contribution is 2.39. The molecule has 2 aromatic rings. The lowest BCUT2D eigenvalue weighted by atomic mass is 9.85. The fourth-order valence-corrected chi connectivity index (χ4v) is 2.91. The van der Waals surface area contributed by atoms with E-state index in [1.807, 2.05) is 18.2 Å². The first kappa shape index (κ1) is 10.7. The first-order valence-electron chi connectivity index (χ1n) is 5.46. The van der Waals surface area contributed by atoms with Crippen molar-refractivity contribution in [2.45, 2.75) is 12.8 Å². The summed E-state index contributed by atoms with van der Waals surface area (Å²) < 4.78 is 1.01. The van der Waals surface area contributed by atoms with Gasteiger partial charge in [0.05, 0.1) is 0 Å². The number of hydrogen-bond donors (Lipinski definition) is 2. The molecule has 86 valence electrons. The average Bonchev–Trinajstić information content (AvgIpc) is 2.33. The zero-order chi connectivity index (χ0) is 12.0. The van der Waals surface area contributed by atoms with Crippen LogP contribution in [0, 0.1) is 0 Å². The van der Waals surface area contributed by atoms with Crippen LogP contribution in [0.4, 0.5) is 0 Å². The molecule has 0 unspecified atom stereocenters. The maximum atomic E-state index is 9.89. The topological polar surface area (TPSA) is 40.5 Å². The standard InChI is InChI=1S/C14H11BrO2/c15-12-4-5-14(17)11-7-9-8(6-10(11)12)2-1-3-13(9)16/h1-5,16-17H,6-7H2. The average molecular weight is 291 g/mol. The molecule has 0 amide bonds. The molecule has 0 aromatic heterocycles. The quantitative estimate of drug-likeness (QED) is 0.667. The summed E-state index contributed by atoms with van der Waals surface area (Å²) in [6, 6.07) is 9.12. The van der Waals surface area contributed by atoms with E-state index in [0.717, 1.165) is 33.1 Å². The Kier molecular flexibility index (Phi) is 2.37. The maximum Gasteiger partial charge on any atom is 0.119 e. The molecule has 0 radical (unpaired) electrons. The van der Waals surface area contributed by atoms with Crippen molar-refractivity contribution in [1.29, 1.82) is 0 Å². The molecule has 0 saturated heterocycles. The van der Waals surface area contributed by atoms with Crippen molar-refractivity contribution < 1.29 is 10.2 Å². The SMILES string of the molecule is Oc1cccc2c1Cc1c(O)ccc(Br)c1C2. The summed E-state index contributed by atoms with van der Waals surface area (Å²) in [5.74, 6) is 0.615. The summed E-state index contributed by atoms with van der Waals surface area (Å²) in [5, 5.41) is 19.7. The zero-order valence-electron chi connectivity index (χ0n) is 9.07. The molecule has 3 heteroatoms. The van der Waals surface area contributed by atoms with Crippen molar-refractivity contribution in [3.8, 4) is 11.5 Å². The molecule has 2 aromatic carbocycles. The van der Waals surface area contributed by atoms with Gasteiger partial charge in [0.25, 0.3) is 0 Å². The third-order valence-corrected chi connectivity index (χ3v) is 4.06. The Labute approximate surface area is 108 Å². The van der Waals surface area contributed by atoms with E-state index < -0.39 is 0 Å². The fraction of sp³-hybridized carbons (Fsp3) is 0.143. The lowest BCUT2D eigenvalue weighted by Crippen LogP contribution is -2.08. The van der Waals surface area contributed by atoms with Crippen LogP contribution in [0.3, 0.4) is 0 Å². The third-order valence-electron chi connectivity index (χ3n) is 3.32. The van der Waals surface area contributed by atoms with Crippen molar-refractivity contribution in [2.75, 3.05) is 0 Å². The number of rotatable bonds is 0. The zero-order valence-corrected chi connectivity index (χ0v) is 10.7. The van der Waals surface area contributed by atoms with Crippen molar-refractivity contribution in [1.82, 2.24) is 0 Å². The molecule has 0 fully saturated rings. The molecule has 1 aliphatic rings. The van der Waals surface area contributed by atoms with Gasteiger partial charge in [-0.05, 0) is 35.7 Å². The number of benzene rings is 2.